The van der Waals surface area contributed by atoms with Crippen molar-refractivity contribution in [1.29, 1.82) is 0 Å². The van der Waals surface area contributed by atoms with E-state index in [1.165, 1.54) is 12.1 Å². The standard InChI is InChI=1S/C13H10ClF/c14-9-11-4-1-2-7-13(11)10-5-3-6-12(15)8-10/h1-8H,9H2. The van der Waals surface area contributed by atoms with Crippen molar-refractivity contribution in [2.45, 2.75) is 5.88 Å². The Morgan fingerprint density at radius 3 is 2.53 bits per heavy atom. The summed E-state index contributed by atoms with van der Waals surface area (Å²) in [7, 11) is 0. The van der Waals surface area contributed by atoms with Gasteiger partial charge in [-0.3, -0.25) is 0 Å². The van der Waals surface area contributed by atoms with E-state index in [1.54, 1.807) is 6.07 Å². The Hall–Kier alpha value is -1.34. The third-order valence-electron chi connectivity index (χ3n) is 2.30. The minimum Gasteiger partial charge on any atom is -0.207 e. The highest BCUT2D eigenvalue weighted by atomic mass is 35.5. The minimum atomic E-state index is -0.225. The molecular weight excluding hydrogens is 211 g/mol. The summed E-state index contributed by atoms with van der Waals surface area (Å²) < 4.78 is 13.1. The van der Waals surface area contributed by atoms with Gasteiger partial charge in [-0.1, -0.05) is 36.4 Å². The van der Waals surface area contributed by atoms with Gasteiger partial charge in [-0.05, 0) is 28.8 Å². The molecule has 0 aliphatic carbocycles. The maximum atomic E-state index is 13.1. The monoisotopic (exact) mass is 220 g/mol. The second-order valence-electron chi connectivity index (χ2n) is 3.30. The van der Waals surface area contributed by atoms with Gasteiger partial charge in [-0.15, -0.1) is 11.6 Å². The Morgan fingerprint density at radius 2 is 1.80 bits per heavy atom. The zero-order valence-corrected chi connectivity index (χ0v) is 8.84. The van der Waals surface area contributed by atoms with Gasteiger partial charge < -0.3 is 0 Å². The molecule has 0 amide bonds. The molecule has 0 fully saturated rings. The van der Waals surface area contributed by atoms with Crippen LogP contribution < -0.4 is 0 Å². The number of alkyl halides is 1. The molecule has 0 saturated carbocycles. The zero-order valence-electron chi connectivity index (χ0n) is 8.08. The van der Waals surface area contributed by atoms with Gasteiger partial charge in [0, 0.05) is 5.88 Å². The lowest BCUT2D eigenvalue weighted by molar-refractivity contribution is 0.628. The fourth-order valence-corrected chi connectivity index (χ4v) is 1.81. The fourth-order valence-electron chi connectivity index (χ4n) is 1.57. The van der Waals surface area contributed by atoms with Crippen LogP contribution in [0.2, 0.25) is 0 Å². The van der Waals surface area contributed by atoms with Gasteiger partial charge in [0.15, 0.2) is 0 Å². The number of benzene rings is 2. The van der Waals surface area contributed by atoms with Crippen LogP contribution in [0.1, 0.15) is 5.56 Å². The van der Waals surface area contributed by atoms with Gasteiger partial charge in [0.25, 0.3) is 0 Å². The van der Waals surface area contributed by atoms with E-state index in [4.69, 9.17) is 11.6 Å². The molecule has 2 aromatic carbocycles. The predicted molar refractivity (Wildman–Crippen MR) is 61.4 cm³/mol. The highest BCUT2D eigenvalue weighted by molar-refractivity contribution is 6.17. The first-order valence-corrected chi connectivity index (χ1v) is 5.24. The van der Waals surface area contributed by atoms with Crippen LogP contribution in [0.5, 0.6) is 0 Å². The van der Waals surface area contributed by atoms with E-state index < -0.39 is 0 Å². The van der Waals surface area contributed by atoms with Crippen LogP contribution in [-0.2, 0) is 5.88 Å². The molecule has 2 aromatic rings. The topological polar surface area (TPSA) is 0 Å². The van der Waals surface area contributed by atoms with Crippen molar-refractivity contribution in [2.75, 3.05) is 0 Å². The lowest BCUT2D eigenvalue weighted by Crippen LogP contribution is -1.86. The molecular formula is C13H10ClF. The van der Waals surface area contributed by atoms with Gasteiger partial charge in [-0.25, -0.2) is 4.39 Å². The second-order valence-corrected chi connectivity index (χ2v) is 3.57. The molecule has 76 valence electrons. The molecule has 0 unspecified atom stereocenters. The molecule has 0 spiro atoms. The first kappa shape index (κ1) is 10.2. The van der Waals surface area contributed by atoms with Crippen LogP contribution in [0.4, 0.5) is 4.39 Å². The lowest BCUT2D eigenvalue weighted by Gasteiger charge is -2.06. The first-order valence-electron chi connectivity index (χ1n) is 4.71. The molecule has 0 aliphatic rings. The molecule has 0 heterocycles. The lowest BCUT2D eigenvalue weighted by atomic mass is 10.0. The van der Waals surface area contributed by atoms with E-state index in [9.17, 15) is 4.39 Å². The third kappa shape index (κ3) is 2.18. The van der Waals surface area contributed by atoms with Crippen LogP contribution in [-0.4, -0.2) is 0 Å². The summed E-state index contributed by atoms with van der Waals surface area (Å²) in [4.78, 5) is 0. The van der Waals surface area contributed by atoms with E-state index in [-0.39, 0.29) is 5.82 Å². The summed E-state index contributed by atoms with van der Waals surface area (Å²) in [6.45, 7) is 0. The highest BCUT2D eigenvalue weighted by Gasteiger charge is 2.03. The normalized spacial score (nSPS) is 10.3. The predicted octanol–water partition coefficient (Wildman–Crippen LogP) is 4.23. The smallest absolute Gasteiger partial charge is 0.123 e. The largest absolute Gasteiger partial charge is 0.207 e. The highest BCUT2D eigenvalue weighted by Crippen LogP contribution is 2.25. The van der Waals surface area contributed by atoms with Crippen LogP contribution in [0, 0.1) is 5.82 Å². The summed E-state index contributed by atoms with van der Waals surface area (Å²) >= 11 is 5.83. The molecule has 2 heteroatoms. The molecule has 0 aromatic heterocycles. The molecule has 0 saturated heterocycles. The number of rotatable bonds is 2. The molecule has 0 aliphatic heterocycles. The molecule has 2 rings (SSSR count). The zero-order chi connectivity index (χ0) is 10.7. The van der Waals surface area contributed by atoms with Gasteiger partial charge in [-0.2, -0.15) is 0 Å². The van der Waals surface area contributed by atoms with Gasteiger partial charge >= 0.3 is 0 Å². The average Bonchev–Trinajstić information content (AvgIpc) is 2.29. The minimum absolute atomic E-state index is 0.225. The second kappa shape index (κ2) is 4.45. The Labute approximate surface area is 93.3 Å². The van der Waals surface area contributed by atoms with Gasteiger partial charge in [0.1, 0.15) is 5.82 Å². The van der Waals surface area contributed by atoms with Gasteiger partial charge in [0.2, 0.25) is 0 Å². The Morgan fingerprint density at radius 1 is 1.00 bits per heavy atom. The molecule has 0 bridgehead atoms. The van der Waals surface area contributed by atoms with E-state index >= 15 is 0 Å². The summed E-state index contributed by atoms with van der Waals surface area (Å²) in [6.07, 6.45) is 0. The number of hydrogen-bond donors (Lipinski definition) is 0. The molecule has 0 nitrogen and oxygen atoms in total. The SMILES string of the molecule is Fc1cccc(-c2ccccc2CCl)c1. The van der Waals surface area contributed by atoms with E-state index in [2.05, 4.69) is 0 Å². The summed E-state index contributed by atoms with van der Waals surface area (Å²) in [5.74, 6) is 0.212. The van der Waals surface area contributed by atoms with Crippen molar-refractivity contribution < 1.29 is 4.39 Å². The fraction of sp³-hybridized carbons (Fsp3) is 0.0769. The average molecular weight is 221 g/mol. The first-order chi connectivity index (χ1) is 7.31. The molecule has 15 heavy (non-hydrogen) atoms. The van der Waals surface area contributed by atoms with E-state index in [0.29, 0.717) is 5.88 Å². The van der Waals surface area contributed by atoms with Crippen LogP contribution in [0.15, 0.2) is 48.5 Å². The number of halogens is 2. The van der Waals surface area contributed by atoms with E-state index in [0.717, 1.165) is 16.7 Å². The third-order valence-corrected chi connectivity index (χ3v) is 2.58. The maximum Gasteiger partial charge on any atom is 0.123 e. The van der Waals surface area contributed by atoms with Crippen molar-refractivity contribution in [3.05, 3.63) is 59.9 Å². The van der Waals surface area contributed by atoms with Crippen LogP contribution in [0.3, 0.4) is 0 Å². The molecule has 0 atom stereocenters. The van der Waals surface area contributed by atoms with Crippen molar-refractivity contribution in [3.63, 3.8) is 0 Å². The summed E-state index contributed by atoms with van der Waals surface area (Å²) in [5.41, 5.74) is 2.88. The molecule has 0 radical (unpaired) electrons. The number of hydrogen-bond acceptors (Lipinski definition) is 0. The van der Waals surface area contributed by atoms with Crippen molar-refractivity contribution in [1.82, 2.24) is 0 Å². The van der Waals surface area contributed by atoms with Crippen molar-refractivity contribution in [3.8, 4) is 11.1 Å². The maximum absolute atomic E-state index is 13.1. The Balaban J connectivity index is 2.53. The van der Waals surface area contributed by atoms with E-state index in [1.807, 2.05) is 30.3 Å². The van der Waals surface area contributed by atoms with Crippen LogP contribution >= 0.6 is 11.6 Å². The summed E-state index contributed by atoms with van der Waals surface area (Å²) in [6, 6.07) is 14.3. The summed E-state index contributed by atoms with van der Waals surface area (Å²) in [5, 5.41) is 0. The van der Waals surface area contributed by atoms with Crippen molar-refractivity contribution in [2.24, 2.45) is 0 Å². The van der Waals surface area contributed by atoms with Gasteiger partial charge in [0.05, 0.1) is 0 Å². The molecule has 0 N–H and O–H groups in total. The van der Waals surface area contributed by atoms with Crippen LogP contribution in [0.25, 0.3) is 11.1 Å². The Kier molecular flexibility index (Phi) is 3.02. The van der Waals surface area contributed by atoms with Crippen molar-refractivity contribution >= 4 is 11.6 Å². The Bertz CT molecular complexity index is 466. The quantitative estimate of drug-likeness (QED) is 0.665.